The fourth-order valence-corrected chi connectivity index (χ4v) is 1.39. The van der Waals surface area contributed by atoms with Gasteiger partial charge in [-0.2, -0.15) is 0 Å². The molecule has 17 heavy (non-hydrogen) atoms. The summed E-state index contributed by atoms with van der Waals surface area (Å²) in [7, 11) is 0. The van der Waals surface area contributed by atoms with Crippen molar-refractivity contribution in [2.75, 3.05) is 18.9 Å². The van der Waals surface area contributed by atoms with Gasteiger partial charge in [-0.15, -0.1) is 0 Å². The van der Waals surface area contributed by atoms with E-state index >= 15 is 0 Å². The number of hydrogen-bond acceptors (Lipinski definition) is 4. The lowest BCUT2D eigenvalue weighted by molar-refractivity contribution is 0.0724. The number of nitrogen functional groups attached to an aromatic ring is 1. The molecule has 1 aromatic rings. The highest BCUT2D eigenvalue weighted by Gasteiger charge is 2.26. The van der Waals surface area contributed by atoms with E-state index in [0.29, 0.717) is 5.69 Å². The van der Waals surface area contributed by atoms with Crippen LogP contribution in [0.25, 0.3) is 0 Å². The summed E-state index contributed by atoms with van der Waals surface area (Å²) < 4.78 is 0. The van der Waals surface area contributed by atoms with E-state index < -0.39 is 11.4 Å². The average Bonchev–Trinajstić information content (AvgIpc) is 2.32. The Morgan fingerprint density at radius 1 is 1.47 bits per heavy atom. The van der Waals surface area contributed by atoms with Gasteiger partial charge >= 0.3 is 0 Å². The van der Waals surface area contributed by atoms with Gasteiger partial charge in [-0.1, -0.05) is 11.6 Å². The van der Waals surface area contributed by atoms with Crippen LogP contribution in [-0.4, -0.2) is 34.9 Å². The summed E-state index contributed by atoms with van der Waals surface area (Å²) in [6, 6.07) is 4.53. The molecule has 0 spiro atoms. The molecule has 0 aromatic heterocycles. The highest BCUT2D eigenvalue weighted by Crippen LogP contribution is 2.19. The van der Waals surface area contributed by atoms with Crippen molar-refractivity contribution in [3.63, 3.8) is 0 Å². The standard InChI is InChI=1S/C11H15ClN2O3/c1-11(5-15,6-16)14-10(17)8-4-7(13)2-3-9(8)12/h2-4,15-16H,5-6,13H2,1H3,(H,14,17). The summed E-state index contributed by atoms with van der Waals surface area (Å²) in [5.41, 5.74) is 5.08. The van der Waals surface area contributed by atoms with Gasteiger partial charge in [0.25, 0.3) is 5.91 Å². The highest BCUT2D eigenvalue weighted by molar-refractivity contribution is 6.34. The van der Waals surface area contributed by atoms with Gasteiger partial charge in [0.15, 0.2) is 0 Å². The van der Waals surface area contributed by atoms with E-state index in [2.05, 4.69) is 5.32 Å². The monoisotopic (exact) mass is 258 g/mol. The van der Waals surface area contributed by atoms with E-state index in [-0.39, 0.29) is 23.8 Å². The van der Waals surface area contributed by atoms with Crippen LogP contribution in [0.4, 0.5) is 5.69 Å². The van der Waals surface area contributed by atoms with Gasteiger partial charge in [-0.05, 0) is 25.1 Å². The predicted molar refractivity (Wildman–Crippen MR) is 65.9 cm³/mol. The molecule has 94 valence electrons. The number of hydrogen-bond donors (Lipinski definition) is 4. The first-order chi connectivity index (χ1) is 7.91. The van der Waals surface area contributed by atoms with Gasteiger partial charge in [-0.3, -0.25) is 4.79 Å². The molecule has 0 saturated heterocycles. The molecule has 0 unspecified atom stereocenters. The number of aliphatic hydroxyl groups excluding tert-OH is 2. The number of halogens is 1. The van der Waals surface area contributed by atoms with E-state index in [1.165, 1.54) is 19.1 Å². The van der Waals surface area contributed by atoms with Crippen LogP contribution in [0.1, 0.15) is 17.3 Å². The maximum absolute atomic E-state index is 11.9. The Bertz CT molecular complexity index is 419. The highest BCUT2D eigenvalue weighted by atomic mass is 35.5. The second kappa shape index (κ2) is 5.35. The Balaban J connectivity index is 2.94. The summed E-state index contributed by atoms with van der Waals surface area (Å²) in [4.78, 5) is 11.9. The van der Waals surface area contributed by atoms with Crippen molar-refractivity contribution in [3.8, 4) is 0 Å². The zero-order chi connectivity index (χ0) is 13.1. The third-order valence-electron chi connectivity index (χ3n) is 2.35. The molecular weight excluding hydrogens is 244 g/mol. The molecule has 5 N–H and O–H groups in total. The molecule has 5 nitrogen and oxygen atoms in total. The topological polar surface area (TPSA) is 95.6 Å². The quantitative estimate of drug-likeness (QED) is 0.588. The van der Waals surface area contributed by atoms with Crippen LogP contribution in [0.3, 0.4) is 0 Å². The number of anilines is 1. The third kappa shape index (κ3) is 3.33. The van der Waals surface area contributed by atoms with Crippen molar-refractivity contribution in [3.05, 3.63) is 28.8 Å². The van der Waals surface area contributed by atoms with Gasteiger partial charge in [0, 0.05) is 5.69 Å². The maximum Gasteiger partial charge on any atom is 0.253 e. The van der Waals surface area contributed by atoms with Crippen molar-refractivity contribution in [1.29, 1.82) is 0 Å². The predicted octanol–water partition coefficient (Wildman–Crippen LogP) is 0.395. The van der Waals surface area contributed by atoms with Crippen molar-refractivity contribution in [2.24, 2.45) is 0 Å². The number of amides is 1. The van der Waals surface area contributed by atoms with Gasteiger partial charge in [0.2, 0.25) is 0 Å². The second-order valence-corrected chi connectivity index (χ2v) is 4.48. The fourth-order valence-electron chi connectivity index (χ4n) is 1.19. The van der Waals surface area contributed by atoms with E-state index in [9.17, 15) is 4.79 Å². The molecule has 6 heteroatoms. The molecule has 0 aliphatic rings. The second-order valence-electron chi connectivity index (χ2n) is 4.07. The molecule has 0 saturated carbocycles. The Labute approximate surface area is 104 Å². The van der Waals surface area contributed by atoms with Crippen LogP contribution >= 0.6 is 11.6 Å². The molecule has 0 heterocycles. The molecule has 0 aliphatic heterocycles. The van der Waals surface area contributed by atoms with Crippen molar-refractivity contribution in [1.82, 2.24) is 5.32 Å². The Morgan fingerprint density at radius 2 is 2.06 bits per heavy atom. The first-order valence-electron chi connectivity index (χ1n) is 5.01. The largest absolute Gasteiger partial charge is 0.399 e. The van der Waals surface area contributed by atoms with Gasteiger partial charge in [-0.25, -0.2) is 0 Å². The lowest BCUT2D eigenvalue weighted by Gasteiger charge is -2.26. The number of benzene rings is 1. The minimum absolute atomic E-state index is 0.208. The van der Waals surface area contributed by atoms with Gasteiger partial charge in [0.05, 0.1) is 29.3 Å². The summed E-state index contributed by atoms with van der Waals surface area (Å²) in [6.45, 7) is 0.759. The zero-order valence-electron chi connectivity index (χ0n) is 9.40. The molecule has 0 aliphatic carbocycles. The van der Waals surface area contributed by atoms with E-state index in [0.717, 1.165) is 0 Å². The fraction of sp³-hybridized carbons (Fsp3) is 0.364. The van der Waals surface area contributed by atoms with Crippen molar-refractivity contribution >= 4 is 23.2 Å². The Morgan fingerprint density at radius 3 is 2.59 bits per heavy atom. The van der Waals surface area contributed by atoms with Crippen LogP contribution in [-0.2, 0) is 0 Å². The molecule has 1 amide bonds. The van der Waals surface area contributed by atoms with Gasteiger partial charge in [0.1, 0.15) is 0 Å². The van der Waals surface area contributed by atoms with E-state index in [4.69, 9.17) is 27.5 Å². The average molecular weight is 259 g/mol. The molecule has 0 fully saturated rings. The molecular formula is C11H15ClN2O3. The third-order valence-corrected chi connectivity index (χ3v) is 2.68. The van der Waals surface area contributed by atoms with Crippen LogP contribution in [0.2, 0.25) is 5.02 Å². The molecule has 1 aromatic carbocycles. The number of nitrogens with one attached hydrogen (secondary N) is 1. The van der Waals surface area contributed by atoms with Crippen LogP contribution < -0.4 is 11.1 Å². The number of carbonyl (C=O) groups excluding carboxylic acids is 1. The number of aliphatic hydroxyl groups is 2. The Kier molecular flexibility index (Phi) is 4.34. The number of carbonyl (C=O) groups is 1. The Hall–Kier alpha value is -1.30. The number of rotatable bonds is 4. The SMILES string of the molecule is CC(CO)(CO)NC(=O)c1cc(N)ccc1Cl. The first kappa shape index (κ1) is 13.8. The first-order valence-corrected chi connectivity index (χ1v) is 5.39. The summed E-state index contributed by atoms with van der Waals surface area (Å²) >= 11 is 5.86. The molecule has 1 rings (SSSR count). The number of nitrogens with two attached hydrogens (primary N) is 1. The minimum Gasteiger partial charge on any atom is -0.399 e. The molecule has 0 radical (unpaired) electrons. The van der Waals surface area contributed by atoms with Crippen molar-refractivity contribution < 1.29 is 15.0 Å². The van der Waals surface area contributed by atoms with Crippen LogP contribution in [0.5, 0.6) is 0 Å². The van der Waals surface area contributed by atoms with Gasteiger partial charge < -0.3 is 21.3 Å². The molecule has 0 bridgehead atoms. The van der Waals surface area contributed by atoms with Crippen molar-refractivity contribution in [2.45, 2.75) is 12.5 Å². The smallest absolute Gasteiger partial charge is 0.253 e. The summed E-state index contributed by atoms with van der Waals surface area (Å²) in [5, 5.41) is 20.9. The van der Waals surface area contributed by atoms with Crippen LogP contribution in [0, 0.1) is 0 Å². The molecule has 0 atom stereocenters. The van der Waals surface area contributed by atoms with E-state index in [1.807, 2.05) is 0 Å². The van der Waals surface area contributed by atoms with E-state index in [1.54, 1.807) is 6.07 Å². The normalized spacial score (nSPS) is 11.3. The summed E-state index contributed by atoms with van der Waals surface area (Å²) in [6.07, 6.45) is 0. The zero-order valence-corrected chi connectivity index (χ0v) is 10.2. The maximum atomic E-state index is 11.9. The summed E-state index contributed by atoms with van der Waals surface area (Å²) in [5.74, 6) is -0.493. The lowest BCUT2D eigenvalue weighted by atomic mass is 10.0. The van der Waals surface area contributed by atoms with Crippen LogP contribution in [0.15, 0.2) is 18.2 Å². The minimum atomic E-state index is -1.09. The lowest BCUT2D eigenvalue weighted by Crippen LogP contribution is -2.51.